The number of nitrogens with zero attached hydrogens (tertiary/aromatic N) is 4. The van der Waals surface area contributed by atoms with E-state index in [1.165, 1.54) is 15.2 Å². The number of benzene rings is 1. The molecule has 6 nitrogen and oxygen atoms in total. The van der Waals surface area contributed by atoms with Gasteiger partial charge in [0, 0.05) is 26.2 Å². The molecular formula is C18H25Cl3N4O2S. The Balaban J connectivity index is 2.48. The first-order chi connectivity index (χ1) is 12.9. The van der Waals surface area contributed by atoms with Gasteiger partial charge in [-0.2, -0.15) is 4.31 Å². The molecule has 0 saturated heterocycles. The van der Waals surface area contributed by atoms with Gasteiger partial charge in [-0.05, 0) is 37.7 Å². The van der Waals surface area contributed by atoms with Crippen LogP contribution in [0.3, 0.4) is 0 Å². The van der Waals surface area contributed by atoms with E-state index in [4.69, 9.17) is 34.8 Å². The van der Waals surface area contributed by atoms with Gasteiger partial charge >= 0.3 is 0 Å². The summed E-state index contributed by atoms with van der Waals surface area (Å²) in [7, 11) is 1.59. The van der Waals surface area contributed by atoms with Crippen molar-refractivity contribution in [2.75, 3.05) is 20.6 Å². The van der Waals surface area contributed by atoms with E-state index in [1.807, 2.05) is 19.0 Å². The largest absolute Gasteiger partial charge is 0.324 e. The van der Waals surface area contributed by atoms with Crippen molar-refractivity contribution >= 4 is 44.8 Å². The predicted octanol–water partition coefficient (Wildman–Crippen LogP) is 4.16. The van der Waals surface area contributed by atoms with E-state index in [0.717, 1.165) is 5.56 Å². The van der Waals surface area contributed by atoms with Gasteiger partial charge in [-0.15, -0.1) is 0 Å². The molecule has 2 rings (SSSR count). The summed E-state index contributed by atoms with van der Waals surface area (Å²) in [5, 5.41) is 0.712. The highest BCUT2D eigenvalue weighted by Gasteiger charge is 2.33. The molecule has 1 aromatic heterocycles. The van der Waals surface area contributed by atoms with E-state index in [0.29, 0.717) is 10.0 Å². The Hall–Kier alpha value is -0.830. The Kier molecular flexibility index (Phi) is 7.81. The Bertz CT molecular complexity index is 921. The van der Waals surface area contributed by atoms with Gasteiger partial charge in [-0.25, -0.2) is 13.4 Å². The number of halogens is 3. The predicted molar refractivity (Wildman–Crippen MR) is 115 cm³/mol. The Labute approximate surface area is 182 Å². The lowest BCUT2D eigenvalue weighted by Crippen LogP contribution is -2.45. The van der Waals surface area contributed by atoms with Crippen molar-refractivity contribution in [3.8, 4) is 0 Å². The first kappa shape index (κ1) is 23.4. The molecule has 0 amide bonds. The average molecular weight is 468 g/mol. The van der Waals surface area contributed by atoms with Crippen LogP contribution in [0.5, 0.6) is 0 Å². The Morgan fingerprint density at radius 2 is 1.79 bits per heavy atom. The van der Waals surface area contributed by atoms with Crippen molar-refractivity contribution in [1.29, 1.82) is 0 Å². The summed E-state index contributed by atoms with van der Waals surface area (Å²) in [5.74, 6) is 0.237. The number of hydrogen-bond acceptors (Lipinski definition) is 4. The number of imidazole rings is 1. The van der Waals surface area contributed by atoms with Crippen LogP contribution in [0, 0.1) is 5.92 Å². The normalized spacial score (nSPS) is 13.7. The maximum Gasteiger partial charge on any atom is 0.264 e. The van der Waals surface area contributed by atoms with Crippen LogP contribution < -0.4 is 0 Å². The summed E-state index contributed by atoms with van der Waals surface area (Å²) in [6.45, 7) is 4.52. The Morgan fingerprint density at radius 3 is 2.25 bits per heavy atom. The maximum atomic E-state index is 13.4. The van der Waals surface area contributed by atoms with Crippen LogP contribution >= 0.6 is 34.8 Å². The molecule has 0 radical (unpaired) electrons. The summed E-state index contributed by atoms with van der Waals surface area (Å²) >= 11 is 18.3. The molecule has 0 saturated carbocycles. The molecule has 10 heteroatoms. The second kappa shape index (κ2) is 9.32. The molecule has 1 aromatic carbocycles. The lowest BCUT2D eigenvalue weighted by Gasteiger charge is -2.33. The van der Waals surface area contributed by atoms with Crippen LogP contribution in [0.2, 0.25) is 15.2 Å². The molecule has 2 aromatic rings. The molecule has 0 unspecified atom stereocenters. The average Bonchev–Trinajstić information content (AvgIpc) is 2.93. The number of likely N-dealkylation sites (N-methyl/N-ethyl adjacent to an activating group) is 1. The van der Waals surface area contributed by atoms with E-state index in [2.05, 4.69) is 18.8 Å². The van der Waals surface area contributed by atoms with Gasteiger partial charge in [0.25, 0.3) is 10.0 Å². The van der Waals surface area contributed by atoms with Crippen LogP contribution in [0.1, 0.15) is 19.4 Å². The molecule has 1 atom stereocenters. The quantitative estimate of drug-likeness (QED) is 0.585. The van der Waals surface area contributed by atoms with E-state index < -0.39 is 10.0 Å². The molecule has 0 aliphatic carbocycles. The molecule has 0 aliphatic rings. The van der Waals surface area contributed by atoms with Crippen LogP contribution in [0.15, 0.2) is 29.6 Å². The monoisotopic (exact) mass is 466 g/mol. The molecular weight excluding hydrogens is 443 g/mol. The van der Waals surface area contributed by atoms with Gasteiger partial charge in [0.05, 0.1) is 16.4 Å². The van der Waals surface area contributed by atoms with Crippen molar-refractivity contribution in [2.45, 2.75) is 31.5 Å². The molecule has 28 heavy (non-hydrogen) atoms. The number of aromatic nitrogens is 2. The van der Waals surface area contributed by atoms with Gasteiger partial charge in [0.2, 0.25) is 5.03 Å². The summed E-state index contributed by atoms with van der Waals surface area (Å²) in [6.07, 6.45) is 1.39. The molecule has 1 heterocycles. The molecule has 0 bridgehead atoms. The SMILES string of the molecule is CC(C)[C@H](CN(Cc1ccc(Cl)c(Cl)c1)S(=O)(=O)c1ncn(C)c1Cl)N(C)C. The second-order valence-electron chi connectivity index (χ2n) is 7.27. The minimum absolute atomic E-state index is 0.0000323. The smallest absolute Gasteiger partial charge is 0.264 e. The zero-order valence-electron chi connectivity index (χ0n) is 16.5. The topological polar surface area (TPSA) is 58.4 Å². The minimum Gasteiger partial charge on any atom is -0.324 e. The fraction of sp³-hybridized carbons (Fsp3) is 0.500. The number of aryl methyl sites for hydroxylation is 1. The summed E-state index contributed by atoms with van der Waals surface area (Å²) in [5.41, 5.74) is 0.728. The van der Waals surface area contributed by atoms with Gasteiger partial charge in [-0.1, -0.05) is 54.7 Å². The molecule has 0 fully saturated rings. The highest BCUT2D eigenvalue weighted by Crippen LogP contribution is 2.28. The van der Waals surface area contributed by atoms with Gasteiger partial charge in [-0.3, -0.25) is 0 Å². The lowest BCUT2D eigenvalue weighted by atomic mass is 10.0. The highest BCUT2D eigenvalue weighted by molar-refractivity contribution is 7.89. The molecule has 0 N–H and O–H groups in total. The van der Waals surface area contributed by atoms with E-state index in [-0.39, 0.29) is 35.2 Å². The third-order valence-electron chi connectivity index (χ3n) is 4.59. The number of hydrogen-bond donors (Lipinski definition) is 0. The fourth-order valence-electron chi connectivity index (χ4n) is 2.96. The van der Waals surface area contributed by atoms with Crippen LogP contribution in [0.25, 0.3) is 0 Å². The summed E-state index contributed by atoms with van der Waals surface area (Å²) in [4.78, 5) is 6.03. The minimum atomic E-state index is -3.93. The zero-order chi connectivity index (χ0) is 21.2. The van der Waals surface area contributed by atoms with Crippen molar-refractivity contribution in [1.82, 2.24) is 18.8 Å². The number of sulfonamides is 1. The first-order valence-corrected chi connectivity index (χ1v) is 11.3. The van der Waals surface area contributed by atoms with E-state index in [9.17, 15) is 8.42 Å². The van der Waals surface area contributed by atoms with Crippen molar-refractivity contribution in [3.63, 3.8) is 0 Å². The summed E-state index contributed by atoms with van der Waals surface area (Å²) in [6, 6.07) is 5.09. The van der Waals surface area contributed by atoms with Gasteiger partial charge < -0.3 is 9.47 Å². The highest BCUT2D eigenvalue weighted by atomic mass is 35.5. The summed E-state index contributed by atoms with van der Waals surface area (Å²) < 4.78 is 29.6. The van der Waals surface area contributed by atoms with Crippen molar-refractivity contribution < 1.29 is 8.42 Å². The number of rotatable bonds is 8. The third-order valence-corrected chi connectivity index (χ3v) is 7.63. The van der Waals surface area contributed by atoms with Crippen LogP contribution in [-0.2, 0) is 23.6 Å². The van der Waals surface area contributed by atoms with Crippen molar-refractivity contribution in [2.24, 2.45) is 13.0 Å². The molecule has 0 spiro atoms. The van der Waals surface area contributed by atoms with E-state index in [1.54, 1.807) is 25.2 Å². The first-order valence-electron chi connectivity index (χ1n) is 8.72. The standard InChI is InChI=1S/C18H25Cl3N4O2S/c1-12(2)16(23(3)4)10-25(9-13-6-7-14(19)15(20)8-13)28(26,27)18-17(21)24(5)11-22-18/h6-8,11-12,16H,9-10H2,1-5H3/t16-/m0/s1. The molecule has 156 valence electrons. The fourth-order valence-corrected chi connectivity index (χ4v) is 5.11. The zero-order valence-corrected chi connectivity index (χ0v) is 19.6. The van der Waals surface area contributed by atoms with Crippen molar-refractivity contribution in [3.05, 3.63) is 45.3 Å². The third kappa shape index (κ3) is 5.20. The van der Waals surface area contributed by atoms with Crippen LogP contribution in [-0.4, -0.2) is 53.9 Å². The molecule has 0 aliphatic heterocycles. The van der Waals surface area contributed by atoms with Gasteiger partial charge in [0.15, 0.2) is 0 Å². The lowest BCUT2D eigenvalue weighted by molar-refractivity contribution is 0.190. The van der Waals surface area contributed by atoms with Gasteiger partial charge in [0.1, 0.15) is 5.15 Å². The van der Waals surface area contributed by atoms with E-state index >= 15 is 0 Å². The maximum absolute atomic E-state index is 13.4. The van der Waals surface area contributed by atoms with Crippen LogP contribution in [0.4, 0.5) is 0 Å². The second-order valence-corrected chi connectivity index (χ2v) is 10.3. The Morgan fingerprint density at radius 1 is 1.14 bits per heavy atom.